The molecule has 0 spiro atoms. The molecular formula is C14H13F3N2O3. The van der Waals surface area contributed by atoms with Crippen molar-refractivity contribution in [1.82, 2.24) is 9.78 Å². The van der Waals surface area contributed by atoms with E-state index in [0.717, 1.165) is 0 Å². The number of aryl methyl sites for hydroxylation is 1. The fraction of sp³-hybridized carbons (Fsp3) is 0.286. The van der Waals surface area contributed by atoms with Crippen molar-refractivity contribution in [3.8, 4) is 11.4 Å². The van der Waals surface area contributed by atoms with E-state index in [4.69, 9.17) is 5.11 Å². The van der Waals surface area contributed by atoms with E-state index in [2.05, 4.69) is 9.84 Å². The molecule has 0 atom stereocenters. The van der Waals surface area contributed by atoms with E-state index in [1.165, 1.54) is 28.9 Å². The SMILES string of the molecule is Cc1nn(-c2ccc(OC(F)(F)F)cc2)c(C)c1CC(=O)O. The zero-order chi connectivity index (χ0) is 16.5. The summed E-state index contributed by atoms with van der Waals surface area (Å²) in [7, 11) is 0. The summed E-state index contributed by atoms with van der Waals surface area (Å²) in [5.41, 5.74) is 2.30. The summed E-state index contributed by atoms with van der Waals surface area (Å²) < 4.78 is 41.6. The molecule has 0 radical (unpaired) electrons. The molecule has 22 heavy (non-hydrogen) atoms. The first kappa shape index (κ1) is 15.9. The monoisotopic (exact) mass is 314 g/mol. The number of nitrogens with zero attached hydrogens (tertiary/aromatic N) is 2. The Labute approximate surface area is 123 Å². The molecule has 1 heterocycles. The standard InChI is InChI=1S/C14H13F3N2O3/c1-8-12(7-13(20)21)9(2)19(18-8)10-3-5-11(6-4-10)22-14(15,16)17/h3-6H,7H2,1-2H3,(H,20,21). The van der Waals surface area contributed by atoms with Crippen LogP contribution in [0.5, 0.6) is 5.75 Å². The molecule has 0 aliphatic heterocycles. The molecule has 1 N–H and O–H groups in total. The summed E-state index contributed by atoms with van der Waals surface area (Å²) in [5, 5.41) is 13.1. The number of aliphatic carboxylic acids is 1. The number of benzene rings is 1. The highest BCUT2D eigenvalue weighted by molar-refractivity contribution is 5.71. The predicted octanol–water partition coefficient (Wildman–Crippen LogP) is 3.01. The van der Waals surface area contributed by atoms with E-state index >= 15 is 0 Å². The zero-order valence-electron chi connectivity index (χ0n) is 11.8. The van der Waals surface area contributed by atoms with E-state index in [1.54, 1.807) is 13.8 Å². The van der Waals surface area contributed by atoms with Gasteiger partial charge in [-0.05, 0) is 38.1 Å². The Balaban J connectivity index is 2.31. The smallest absolute Gasteiger partial charge is 0.481 e. The minimum atomic E-state index is -4.74. The third-order valence-corrected chi connectivity index (χ3v) is 3.08. The molecular weight excluding hydrogens is 301 g/mol. The van der Waals surface area contributed by atoms with E-state index in [0.29, 0.717) is 22.6 Å². The Morgan fingerprint density at radius 2 is 1.86 bits per heavy atom. The highest BCUT2D eigenvalue weighted by Gasteiger charge is 2.31. The Morgan fingerprint density at radius 1 is 1.27 bits per heavy atom. The van der Waals surface area contributed by atoms with Crippen LogP contribution in [-0.2, 0) is 11.2 Å². The van der Waals surface area contributed by atoms with Crippen LogP contribution in [0, 0.1) is 13.8 Å². The highest BCUT2D eigenvalue weighted by atomic mass is 19.4. The van der Waals surface area contributed by atoms with Gasteiger partial charge in [0.15, 0.2) is 0 Å². The maximum absolute atomic E-state index is 12.1. The Morgan fingerprint density at radius 3 is 2.36 bits per heavy atom. The molecule has 0 saturated heterocycles. The number of alkyl halides is 3. The van der Waals surface area contributed by atoms with E-state index in [9.17, 15) is 18.0 Å². The van der Waals surface area contributed by atoms with Gasteiger partial charge in [-0.2, -0.15) is 5.10 Å². The van der Waals surface area contributed by atoms with Crippen molar-refractivity contribution in [3.05, 3.63) is 41.2 Å². The maximum atomic E-state index is 12.1. The van der Waals surface area contributed by atoms with Gasteiger partial charge in [0.2, 0.25) is 0 Å². The molecule has 8 heteroatoms. The largest absolute Gasteiger partial charge is 0.573 e. The molecule has 0 aliphatic rings. The lowest BCUT2D eigenvalue weighted by Crippen LogP contribution is -2.17. The van der Waals surface area contributed by atoms with Crippen molar-refractivity contribution >= 4 is 5.97 Å². The molecule has 2 aromatic rings. The molecule has 0 fully saturated rings. The molecule has 0 amide bonds. The van der Waals surface area contributed by atoms with Gasteiger partial charge in [0, 0.05) is 11.3 Å². The number of carboxylic acid groups (broad SMARTS) is 1. The number of halogens is 3. The Hall–Kier alpha value is -2.51. The Kier molecular flexibility index (Phi) is 4.11. The van der Waals surface area contributed by atoms with Crippen LogP contribution in [0.3, 0.4) is 0 Å². The van der Waals surface area contributed by atoms with Crippen LogP contribution >= 0.6 is 0 Å². The van der Waals surface area contributed by atoms with E-state index < -0.39 is 12.3 Å². The predicted molar refractivity (Wildman–Crippen MR) is 71.1 cm³/mol. The van der Waals surface area contributed by atoms with Gasteiger partial charge in [-0.15, -0.1) is 13.2 Å². The van der Waals surface area contributed by atoms with Crippen LogP contribution in [0.1, 0.15) is 17.0 Å². The van der Waals surface area contributed by atoms with Crippen LogP contribution < -0.4 is 4.74 Å². The first-order chi connectivity index (χ1) is 10.2. The van der Waals surface area contributed by atoms with Crippen LogP contribution in [0.25, 0.3) is 5.69 Å². The number of aromatic nitrogens is 2. The van der Waals surface area contributed by atoms with Crippen LogP contribution in [0.2, 0.25) is 0 Å². The van der Waals surface area contributed by atoms with Gasteiger partial charge in [-0.25, -0.2) is 4.68 Å². The lowest BCUT2D eigenvalue weighted by atomic mass is 10.1. The Bertz CT molecular complexity index is 691. The number of rotatable bonds is 4. The van der Waals surface area contributed by atoms with Gasteiger partial charge < -0.3 is 9.84 Å². The molecule has 1 aromatic carbocycles. The van der Waals surface area contributed by atoms with E-state index in [1.807, 2.05) is 0 Å². The molecule has 0 bridgehead atoms. The quantitative estimate of drug-likeness (QED) is 0.942. The molecule has 1 aromatic heterocycles. The first-order valence-electron chi connectivity index (χ1n) is 6.30. The van der Waals surface area contributed by atoms with E-state index in [-0.39, 0.29) is 12.2 Å². The van der Waals surface area contributed by atoms with Gasteiger partial charge >= 0.3 is 12.3 Å². The van der Waals surface area contributed by atoms with Crippen LogP contribution in [-0.4, -0.2) is 27.2 Å². The van der Waals surface area contributed by atoms with Crippen molar-refractivity contribution in [2.75, 3.05) is 0 Å². The van der Waals surface area contributed by atoms with Gasteiger partial charge in [0.1, 0.15) is 5.75 Å². The number of hydrogen-bond donors (Lipinski definition) is 1. The lowest BCUT2D eigenvalue weighted by molar-refractivity contribution is -0.274. The van der Waals surface area contributed by atoms with Crippen molar-refractivity contribution in [2.24, 2.45) is 0 Å². The normalized spacial score (nSPS) is 11.5. The summed E-state index contributed by atoms with van der Waals surface area (Å²) in [4.78, 5) is 10.8. The first-order valence-corrected chi connectivity index (χ1v) is 6.30. The van der Waals surface area contributed by atoms with Gasteiger partial charge in [-0.1, -0.05) is 0 Å². The third kappa shape index (κ3) is 3.57. The van der Waals surface area contributed by atoms with Gasteiger partial charge in [0.05, 0.1) is 17.8 Å². The fourth-order valence-electron chi connectivity index (χ4n) is 2.12. The third-order valence-electron chi connectivity index (χ3n) is 3.08. The summed E-state index contributed by atoms with van der Waals surface area (Å²) in [6.07, 6.45) is -4.90. The molecule has 118 valence electrons. The second kappa shape index (κ2) is 5.70. The number of carboxylic acids is 1. The minimum absolute atomic E-state index is 0.160. The highest BCUT2D eigenvalue weighted by Crippen LogP contribution is 2.25. The van der Waals surface area contributed by atoms with Crippen molar-refractivity contribution < 1.29 is 27.8 Å². The minimum Gasteiger partial charge on any atom is -0.481 e. The molecule has 2 rings (SSSR count). The maximum Gasteiger partial charge on any atom is 0.573 e. The average molecular weight is 314 g/mol. The molecule has 0 unspecified atom stereocenters. The zero-order valence-corrected chi connectivity index (χ0v) is 11.8. The topological polar surface area (TPSA) is 64.4 Å². The van der Waals surface area contributed by atoms with Crippen molar-refractivity contribution in [3.63, 3.8) is 0 Å². The second-order valence-electron chi connectivity index (χ2n) is 4.67. The lowest BCUT2D eigenvalue weighted by Gasteiger charge is -2.10. The second-order valence-corrected chi connectivity index (χ2v) is 4.67. The summed E-state index contributed by atoms with van der Waals surface area (Å²) in [6, 6.07) is 5.20. The van der Waals surface area contributed by atoms with Gasteiger partial charge in [-0.3, -0.25) is 4.79 Å². The van der Waals surface area contributed by atoms with Crippen LogP contribution in [0.15, 0.2) is 24.3 Å². The molecule has 0 saturated carbocycles. The summed E-state index contributed by atoms with van der Waals surface area (Å²) in [5.74, 6) is -1.30. The van der Waals surface area contributed by atoms with Crippen molar-refractivity contribution in [2.45, 2.75) is 26.6 Å². The number of hydrogen-bond acceptors (Lipinski definition) is 3. The van der Waals surface area contributed by atoms with Crippen molar-refractivity contribution in [1.29, 1.82) is 0 Å². The fourth-order valence-corrected chi connectivity index (χ4v) is 2.12. The average Bonchev–Trinajstić information content (AvgIpc) is 2.65. The van der Waals surface area contributed by atoms with Crippen LogP contribution in [0.4, 0.5) is 13.2 Å². The summed E-state index contributed by atoms with van der Waals surface area (Å²) in [6.45, 7) is 3.39. The number of ether oxygens (including phenoxy) is 1. The summed E-state index contributed by atoms with van der Waals surface area (Å²) >= 11 is 0. The van der Waals surface area contributed by atoms with Gasteiger partial charge in [0.25, 0.3) is 0 Å². The molecule has 0 aliphatic carbocycles. The molecule has 5 nitrogen and oxygen atoms in total. The number of carbonyl (C=O) groups is 1.